The third-order valence-electron chi connectivity index (χ3n) is 3.12. The summed E-state index contributed by atoms with van der Waals surface area (Å²) in [6, 6.07) is 5.82. The molecule has 23 heavy (non-hydrogen) atoms. The van der Waals surface area contributed by atoms with Crippen LogP contribution in [0.2, 0.25) is 25.7 Å². The Morgan fingerprint density at radius 1 is 1.17 bits per heavy atom. The van der Waals surface area contributed by atoms with Crippen molar-refractivity contribution in [2.45, 2.75) is 38.6 Å². The van der Waals surface area contributed by atoms with E-state index in [2.05, 4.69) is 34.8 Å². The maximum atomic E-state index is 13.1. The van der Waals surface area contributed by atoms with E-state index in [1.807, 2.05) is 0 Å². The number of ether oxygens (including phenoxy) is 1. The molecule has 0 atom stereocenters. The first-order valence-corrected chi connectivity index (χ1v) is 10.9. The second-order valence-electron chi connectivity index (χ2n) is 6.34. The van der Waals surface area contributed by atoms with Crippen LogP contribution in [-0.4, -0.2) is 34.4 Å². The van der Waals surface area contributed by atoms with Gasteiger partial charge in [0.05, 0.1) is 0 Å². The highest BCUT2D eigenvalue weighted by Crippen LogP contribution is 2.30. The van der Waals surface area contributed by atoms with Crippen molar-refractivity contribution in [2.24, 2.45) is 0 Å². The first kappa shape index (κ1) is 17.6. The van der Waals surface area contributed by atoms with Crippen molar-refractivity contribution in [1.82, 2.24) is 19.7 Å². The van der Waals surface area contributed by atoms with E-state index < -0.39 is 20.1 Å². The van der Waals surface area contributed by atoms with E-state index in [9.17, 15) is 13.2 Å². The summed E-state index contributed by atoms with van der Waals surface area (Å²) in [5.74, 6) is -1.03. The molecule has 0 bridgehead atoms. The Kier molecular flexibility index (Phi) is 5.20. The van der Waals surface area contributed by atoms with Gasteiger partial charge in [0, 0.05) is 20.9 Å². The Hall–Kier alpha value is -1.74. The van der Waals surface area contributed by atoms with E-state index in [0.717, 1.165) is 10.6 Å². The van der Waals surface area contributed by atoms with Crippen molar-refractivity contribution < 1.29 is 17.9 Å². The van der Waals surface area contributed by atoms with Crippen LogP contribution in [0, 0.1) is 0 Å². The zero-order valence-corrected chi connectivity index (χ0v) is 14.3. The van der Waals surface area contributed by atoms with Gasteiger partial charge in [-0.05, 0) is 18.2 Å². The van der Waals surface area contributed by atoms with Crippen molar-refractivity contribution in [3.05, 3.63) is 30.2 Å². The SMILES string of the molecule is C[Si](C)(C)CCOCn1c(-c2ccccn2)nnc1C(F)(F)F. The van der Waals surface area contributed by atoms with Crippen LogP contribution >= 0.6 is 0 Å². The predicted molar refractivity (Wildman–Crippen MR) is 82.4 cm³/mol. The molecule has 2 rings (SSSR count). The normalized spacial score (nSPS) is 12.6. The lowest BCUT2D eigenvalue weighted by Gasteiger charge is -2.17. The second-order valence-corrected chi connectivity index (χ2v) is 12.0. The smallest absolute Gasteiger partial charge is 0.361 e. The molecule has 0 unspecified atom stereocenters. The van der Waals surface area contributed by atoms with Gasteiger partial charge in [0.2, 0.25) is 5.82 Å². The third kappa shape index (κ3) is 4.86. The fourth-order valence-corrected chi connectivity index (χ4v) is 2.61. The van der Waals surface area contributed by atoms with Crippen LogP contribution in [-0.2, 0) is 17.6 Å². The van der Waals surface area contributed by atoms with Gasteiger partial charge in [0.1, 0.15) is 12.4 Å². The molecule has 126 valence electrons. The molecule has 0 aliphatic rings. The van der Waals surface area contributed by atoms with E-state index in [1.165, 1.54) is 6.20 Å². The van der Waals surface area contributed by atoms with Crippen LogP contribution in [0.3, 0.4) is 0 Å². The number of pyridine rings is 1. The predicted octanol–water partition coefficient (Wildman–Crippen LogP) is 3.67. The first-order valence-electron chi connectivity index (χ1n) is 7.18. The molecule has 2 aromatic rings. The Bertz CT molecular complexity index is 638. The minimum Gasteiger partial charge on any atom is -0.361 e. The summed E-state index contributed by atoms with van der Waals surface area (Å²) in [5.41, 5.74) is 0.323. The summed E-state index contributed by atoms with van der Waals surface area (Å²) in [6.45, 7) is 6.69. The molecule has 5 nitrogen and oxygen atoms in total. The van der Waals surface area contributed by atoms with Crippen LogP contribution in [0.15, 0.2) is 24.4 Å². The van der Waals surface area contributed by atoms with E-state index in [0.29, 0.717) is 12.3 Å². The molecule has 9 heteroatoms. The maximum Gasteiger partial charge on any atom is 0.451 e. The average molecular weight is 344 g/mol. The molecular formula is C14H19F3N4OSi. The lowest BCUT2D eigenvalue weighted by Crippen LogP contribution is -2.23. The molecular weight excluding hydrogens is 325 g/mol. The lowest BCUT2D eigenvalue weighted by atomic mass is 10.3. The number of hydrogen-bond donors (Lipinski definition) is 0. The summed E-state index contributed by atoms with van der Waals surface area (Å²) in [4.78, 5) is 4.03. The number of rotatable bonds is 6. The standard InChI is InChI=1S/C14H19F3N4OSi/c1-23(2,3)9-8-22-10-21-12(11-6-4-5-7-18-11)19-20-13(21)14(15,16)17/h4-7H,8-10H2,1-3H3. The van der Waals surface area contributed by atoms with Crippen LogP contribution < -0.4 is 0 Å². The van der Waals surface area contributed by atoms with Crippen molar-refractivity contribution in [3.63, 3.8) is 0 Å². The molecule has 0 saturated heterocycles. The number of nitrogens with zero attached hydrogens (tertiary/aromatic N) is 4. The average Bonchev–Trinajstić information content (AvgIpc) is 2.87. The summed E-state index contributed by atoms with van der Waals surface area (Å²) in [5, 5.41) is 6.91. The summed E-state index contributed by atoms with van der Waals surface area (Å²) >= 11 is 0. The lowest BCUT2D eigenvalue weighted by molar-refractivity contribution is -0.149. The highest BCUT2D eigenvalue weighted by molar-refractivity contribution is 6.76. The molecule has 2 aromatic heterocycles. The number of alkyl halides is 3. The molecule has 0 radical (unpaired) electrons. The molecule has 0 saturated carbocycles. The van der Waals surface area contributed by atoms with Gasteiger partial charge >= 0.3 is 6.18 Å². The quantitative estimate of drug-likeness (QED) is 0.593. The first-order chi connectivity index (χ1) is 10.7. The zero-order valence-electron chi connectivity index (χ0n) is 13.3. The van der Waals surface area contributed by atoms with Gasteiger partial charge in [-0.2, -0.15) is 13.2 Å². The minimum absolute atomic E-state index is 0.0472. The highest BCUT2D eigenvalue weighted by atomic mass is 28.3. The second kappa shape index (κ2) is 6.79. The van der Waals surface area contributed by atoms with Crippen LogP contribution in [0.25, 0.3) is 11.5 Å². The Morgan fingerprint density at radius 3 is 2.48 bits per heavy atom. The largest absolute Gasteiger partial charge is 0.451 e. The fourth-order valence-electron chi connectivity index (χ4n) is 1.85. The number of halogens is 3. The van der Waals surface area contributed by atoms with E-state index >= 15 is 0 Å². The van der Waals surface area contributed by atoms with Gasteiger partial charge in [0.25, 0.3) is 0 Å². The Balaban J connectivity index is 2.22. The van der Waals surface area contributed by atoms with Crippen LogP contribution in [0.5, 0.6) is 0 Å². The molecule has 2 heterocycles. The Morgan fingerprint density at radius 2 is 1.91 bits per heavy atom. The molecule has 0 aliphatic heterocycles. The van der Waals surface area contributed by atoms with Crippen molar-refractivity contribution >= 4 is 8.07 Å². The molecule has 0 aliphatic carbocycles. The fraction of sp³-hybridized carbons (Fsp3) is 0.500. The zero-order chi connectivity index (χ0) is 17.1. The Labute approximate surface area is 133 Å². The van der Waals surface area contributed by atoms with Gasteiger partial charge in [0.15, 0.2) is 5.82 Å². The number of aromatic nitrogens is 4. The third-order valence-corrected chi connectivity index (χ3v) is 4.82. The monoisotopic (exact) mass is 344 g/mol. The van der Waals surface area contributed by atoms with Crippen LogP contribution in [0.1, 0.15) is 5.82 Å². The van der Waals surface area contributed by atoms with Crippen molar-refractivity contribution in [2.75, 3.05) is 6.61 Å². The van der Waals surface area contributed by atoms with E-state index in [1.54, 1.807) is 18.2 Å². The van der Waals surface area contributed by atoms with Crippen molar-refractivity contribution in [1.29, 1.82) is 0 Å². The topological polar surface area (TPSA) is 52.8 Å². The molecule has 0 spiro atoms. The van der Waals surface area contributed by atoms with Gasteiger partial charge in [-0.1, -0.05) is 25.7 Å². The van der Waals surface area contributed by atoms with Gasteiger partial charge in [-0.3, -0.25) is 9.55 Å². The maximum absolute atomic E-state index is 13.1. The van der Waals surface area contributed by atoms with Crippen LogP contribution in [0.4, 0.5) is 13.2 Å². The van der Waals surface area contributed by atoms with Gasteiger partial charge < -0.3 is 4.74 Å². The van der Waals surface area contributed by atoms with E-state index in [4.69, 9.17) is 4.74 Å². The van der Waals surface area contributed by atoms with E-state index in [-0.39, 0.29) is 12.6 Å². The molecule has 0 aromatic carbocycles. The van der Waals surface area contributed by atoms with Gasteiger partial charge in [-0.15, -0.1) is 10.2 Å². The minimum atomic E-state index is -4.60. The van der Waals surface area contributed by atoms with Gasteiger partial charge in [-0.25, -0.2) is 0 Å². The highest BCUT2D eigenvalue weighted by Gasteiger charge is 2.38. The number of hydrogen-bond acceptors (Lipinski definition) is 4. The molecule has 0 N–H and O–H groups in total. The molecule has 0 amide bonds. The molecule has 0 fully saturated rings. The summed E-state index contributed by atoms with van der Waals surface area (Å²) in [7, 11) is -1.31. The summed E-state index contributed by atoms with van der Waals surface area (Å²) < 4.78 is 45.6. The van der Waals surface area contributed by atoms with Crippen molar-refractivity contribution in [3.8, 4) is 11.5 Å². The summed E-state index contributed by atoms with van der Waals surface area (Å²) in [6.07, 6.45) is -3.10.